The van der Waals surface area contributed by atoms with Crippen LogP contribution in [0.5, 0.6) is 0 Å². The van der Waals surface area contributed by atoms with E-state index in [-0.39, 0.29) is 23.1 Å². The minimum absolute atomic E-state index is 0.0227. The number of pyridine rings is 1. The van der Waals surface area contributed by atoms with Crippen LogP contribution >= 0.6 is 0 Å². The molecule has 0 aliphatic carbocycles. The van der Waals surface area contributed by atoms with Gasteiger partial charge in [0.2, 0.25) is 5.82 Å². The van der Waals surface area contributed by atoms with Crippen molar-refractivity contribution < 1.29 is 19.6 Å². The minimum atomic E-state index is -1.26. The van der Waals surface area contributed by atoms with Gasteiger partial charge in [0, 0.05) is 25.4 Å². The number of carbonyl (C=O) groups is 1. The molecule has 8 heteroatoms. The highest BCUT2D eigenvalue weighted by molar-refractivity contribution is 5.88. The van der Waals surface area contributed by atoms with E-state index in [1.54, 1.807) is 6.92 Å². The van der Waals surface area contributed by atoms with E-state index < -0.39 is 10.9 Å². The fraction of sp³-hybridized carbons (Fsp3) is 0.400. The third-order valence-corrected chi connectivity index (χ3v) is 2.11. The van der Waals surface area contributed by atoms with Crippen LogP contribution in [-0.2, 0) is 4.74 Å². The van der Waals surface area contributed by atoms with Crippen molar-refractivity contribution in [1.82, 2.24) is 4.98 Å². The molecule has 8 nitrogen and oxygen atoms in total. The van der Waals surface area contributed by atoms with Crippen LogP contribution in [0.15, 0.2) is 12.3 Å². The van der Waals surface area contributed by atoms with Gasteiger partial charge in [-0.25, -0.2) is 9.78 Å². The predicted octanol–water partition coefficient (Wildman–Crippen LogP) is 1.13. The molecule has 0 saturated heterocycles. The molecular weight excluding hydrogens is 242 g/mol. The van der Waals surface area contributed by atoms with Crippen molar-refractivity contribution >= 4 is 17.5 Å². The van der Waals surface area contributed by atoms with Crippen LogP contribution in [0.2, 0.25) is 0 Å². The van der Waals surface area contributed by atoms with E-state index in [1.165, 1.54) is 7.11 Å². The molecule has 1 heterocycles. The van der Waals surface area contributed by atoms with Gasteiger partial charge in [0.25, 0.3) is 0 Å². The Morgan fingerprint density at radius 1 is 1.72 bits per heavy atom. The quantitative estimate of drug-likeness (QED) is 0.578. The average molecular weight is 255 g/mol. The van der Waals surface area contributed by atoms with Crippen LogP contribution in [-0.4, -0.2) is 40.7 Å². The van der Waals surface area contributed by atoms with Gasteiger partial charge in [-0.1, -0.05) is 0 Å². The van der Waals surface area contributed by atoms with Crippen LogP contribution in [0.25, 0.3) is 0 Å². The van der Waals surface area contributed by atoms with Crippen molar-refractivity contribution in [3.63, 3.8) is 0 Å². The number of aromatic carboxylic acids is 1. The number of anilines is 1. The van der Waals surface area contributed by atoms with Gasteiger partial charge in [-0.3, -0.25) is 10.1 Å². The maximum absolute atomic E-state index is 10.8. The number of carboxylic acids is 1. The lowest BCUT2D eigenvalue weighted by Gasteiger charge is -2.13. The normalized spacial score (nSPS) is 11.9. The first kappa shape index (κ1) is 13.8. The molecule has 0 amide bonds. The summed E-state index contributed by atoms with van der Waals surface area (Å²) in [5.74, 6) is -1.24. The number of ether oxygens (including phenoxy) is 1. The molecule has 0 aliphatic heterocycles. The molecule has 0 radical (unpaired) electrons. The van der Waals surface area contributed by atoms with E-state index >= 15 is 0 Å². The van der Waals surface area contributed by atoms with E-state index in [1.807, 2.05) is 0 Å². The van der Waals surface area contributed by atoms with Crippen molar-refractivity contribution in [3.8, 4) is 0 Å². The molecule has 1 unspecified atom stereocenters. The second kappa shape index (κ2) is 5.92. The lowest BCUT2D eigenvalue weighted by Crippen LogP contribution is -2.22. The minimum Gasteiger partial charge on any atom is -0.478 e. The molecule has 0 bridgehead atoms. The number of rotatable bonds is 6. The summed E-state index contributed by atoms with van der Waals surface area (Å²) in [5, 5.41) is 22.4. The summed E-state index contributed by atoms with van der Waals surface area (Å²) in [6, 6.07) is 0.786. The summed E-state index contributed by atoms with van der Waals surface area (Å²) in [5.41, 5.74) is -0.607. The maximum atomic E-state index is 10.8. The Hall–Kier alpha value is -2.22. The highest BCUT2D eigenvalue weighted by atomic mass is 16.6. The molecule has 0 aliphatic rings. The molecule has 0 aromatic carbocycles. The van der Waals surface area contributed by atoms with Crippen LogP contribution in [0.1, 0.15) is 17.3 Å². The summed E-state index contributed by atoms with van der Waals surface area (Å²) in [7, 11) is 1.51. The van der Waals surface area contributed by atoms with Gasteiger partial charge in [-0.05, 0) is 6.92 Å². The number of carboxylic acid groups (broad SMARTS) is 1. The van der Waals surface area contributed by atoms with Gasteiger partial charge in [-0.15, -0.1) is 0 Å². The third-order valence-electron chi connectivity index (χ3n) is 2.11. The fourth-order valence-electron chi connectivity index (χ4n) is 1.35. The molecule has 1 atom stereocenters. The summed E-state index contributed by atoms with van der Waals surface area (Å²) >= 11 is 0. The number of nitrogens with zero attached hydrogens (tertiary/aromatic N) is 2. The lowest BCUT2D eigenvalue weighted by atomic mass is 10.2. The first-order chi connectivity index (χ1) is 8.45. The Bertz CT molecular complexity index is 463. The molecule has 18 heavy (non-hydrogen) atoms. The second-order valence-corrected chi connectivity index (χ2v) is 3.65. The molecule has 0 spiro atoms. The van der Waals surface area contributed by atoms with Gasteiger partial charge in [0.1, 0.15) is 0 Å². The summed E-state index contributed by atoms with van der Waals surface area (Å²) < 4.78 is 4.88. The predicted molar refractivity (Wildman–Crippen MR) is 62.8 cm³/mol. The largest absolute Gasteiger partial charge is 0.478 e. The molecular formula is C10H13N3O5. The van der Waals surface area contributed by atoms with Gasteiger partial charge >= 0.3 is 11.7 Å². The lowest BCUT2D eigenvalue weighted by molar-refractivity contribution is -0.384. The summed E-state index contributed by atoms with van der Waals surface area (Å²) in [6.45, 7) is 2.11. The molecule has 98 valence electrons. The average Bonchev–Trinajstić information content (AvgIpc) is 2.29. The molecule has 0 fully saturated rings. The zero-order valence-electron chi connectivity index (χ0n) is 9.91. The van der Waals surface area contributed by atoms with Gasteiger partial charge in [0.05, 0.1) is 17.1 Å². The van der Waals surface area contributed by atoms with E-state index in [4.69, 9.17) is 9.84 Å². The molecule has 1 rings (SSSR count). The third kappa shape index (κ3) is 3.39. The van der Waals surface area contributed by atoms with Crippen LogP contribution in [0.3, 0.4) is 0 Å². The zero-order valence-corrected chi connectivity index (χ0v) is 9.91. The summed E-state index contributed by atoms with van der Waals surface area (Å²) in [6.07, 6.45) is 1.07. The van der Waals surface area contributed by atoms with Crippen molar-refractivity contribution in [2.45, 2.75) is 13.0 Å². The monoisotopic (exact) mass is 255 g/mol. The standard InChI is InChI=1S/C10H13N3O5/c1-6(5-18-2)12-9-8(13(16)17)3-7(4-11-9)10(14)15/h3-4,6H,5H2,1-2H3,(H,11,12)(H,14,15). The van der Waals surface area contributed by atoms with Crippen molar-refractivity contribution in [2.75, 3.05) is 19.0 Å². The fourth-order valence-corrected chi connectivity index (χ4v) is 1.35. The number of hydrogen-bond acceptors (Lipinski definition) is 6. The topological polar surface area (TPSA) is 115 Å². The molecule has 1 aromatic rings. The van der Waals surface area contributed by atoms with Crippen molar-refractivity contribution in [3.05, 3.63) is 27.9 Å². The maximum Gasteiger partial charge on any atom is 0.337 e. The van der Waals surface area contributed by atoms with Crippen LogP contribution in [0.4, 0.5) is 11.5 Å². The Morgan fingerprint density at radius 3 is 2.89 bits per heavy atom. The Morgan fingerprint density at radius 2 is 2.39 bits per heavy atom. The Labute approximate surface area is 103 Å². The zero-order chi connectivity index (χ0) is 13.7. The first-order valence-corrected chi connectivity index (χ1v) is 5.09. The van der Waals surface area contributed by atoms with Gasteiger partial charge in [-0.2, -0.15) is 0 Å². The number of hydrogen-bond donors (Lipinski definition) is 2. The molecule has 1 aromatic heterocycles. The number of methoxy groups -OCH3 is 1. The molecule has 0 saturated carbocycles. The first-order valence-electron chi connectivity index (χ1n) is 5.09. The second-order valence-electron chi connectivity index (χ2n) is 3.65. The van der Waals surface area contributed by atoms with E-state index in [2.05, 4.69) is 10.3 Å². The highest BCUT2D eigenvalue weighted by Crippen LogP contribution is 2.23. The number of nitrogens with one attached hydrogen (secondary N) is 1. The highest BCUT2D eigenvalue weighted by Gasteiger charge is 2.19. The SMILES string of the molecule is COCC(C)Nc1ncc(C(=O)O)cc1[N+](=O)[O-]. The van der Waals surface area contributed by atoms with E-state index in [0.717, 1.165) is 12.3 Å². The number of aromatic nitrogens is 1. The van der Waals surface area contributed by atoms with Crippen LogP contribution in [0, 0.1) is 10.1 Å². The Balaban J connectivity index is 3.04. The summed E-state index contributed by atoms with van der Waals surface area (Å²) in [4.78, 5) is 24.6. The van der Waals surface area contributed by atoms with Gasteiger partial charge < -0.3 is 15.2 Å². The smallest absolute Gasteiger partial charge is 0.337 e. The van der Waals surface area contributed by atoms with Crippen molar-refractivity contribution in [1.29, 1.82) is 0 Å². The van der Waals surface area contributed by atoms with Crippen molar-refractivity contribution in [2.24, 2.45) is 0 Å². The molecule has 2 N–H and O–H groups in total. The number of nitro groups is 1. The van der Waals surface area contributed by atoms with Gasteiger partial charge in [0.15, 0.2) is 0 Å². The Kier molecular flexibility index (Phi) is 4.55. The van der Waals surface area contributed by atoms with Crippen LogP contribution < -0.4 is 5.32 Å². The van der Waals surface area contributed by atoms with E-state index in [9.17, 15) is 14.9 Å². The van der Waals surface area contributed by atoms with E-state index in [0.29, 0.717) is 6.61 Å².